The van der Waals surface area contributed by atoms with Gasteiger partial charge in [-0.25, -0.2) is 4.68 Å². The molecule has 6 heteroatoms. The minimum Gasteiger partial charge on any atom is -0.310 e. The van der Waals surface area contributed by atoms with Gasteiger partial charge in [0.15, 0.2) is 5.78 Å². The summed E-state index contributed by atoms with van der Waals surface area (Å²) >= 11 is 3.43. The van der Waals surface area contributed by atoms with Crippen LogP contribution >= 0.6 is 15.9 Å². The molecule has 0 unspecified atom stereocenters. The molecule has 2 aromatic carbocycles. The Kier molecular flexibility index (Phi) is 4.67. The number of fused-ring (bicyclic) bond motifs is 1. The average Bonchev–Trinajstić information content (AvgIpc) is 2.97. The van der Waals surface area contributed by atoms with Gasteiger partial charge in [0, 0.05) is 22.0 Å². The van der Waals surface area contributed by atoms with Crippen LogP contribution in [0.5, 0.6) is 0 Å². The quantitative estimate of drug-likeness (QED) is 0.594. The van der Waals surface area contributed by atoms with Crippen molar-refractivity contribution >= 4 is 33.4 Å². The fraction of sp³-hybridized carbons (Fsp3) is 0.227. The summed E-state index contributed by atoms with van der Waals surface area (Å²) in [5.74, 6) is -0.158. The third kappa shape index (κ3) is 3.18. The van der Waals surface area contributed by atoms with Crippen LogP contribution in [0.2, 0.25) is 0 Å². The Morgan fingerprint density at radius 1 is 1.14 bits per heavy atom. The lowest BCUT2D eigenvalue weighted by molar-refractivity contribution is -0.116. The van der Waals surface area contributed by atoms with Gasteiger partial charge in [-0.05, 0) is 50.6 Å². The van der Waals surface area contributed by atoms with Crippen LogP contribution in [-0.2, 0) is 4.79 Å². The number of rotatable bonds is 3. The second-order valence-electron chi connectivity index (χ2n) is 7.22. The number of ketones is 1. The summed E-state index contributed by atoms with van der Waals surface area (Å²) in [7, 11) is 0. The number of carbonyl (C=O) groups excluding carboxylic acids is 2. The maximum Gasteiger partial charge on any atom is 0.226 e. The van der Waals surface area contributed by atoms with Gasteiger partial charge >= 0.3 is 0 Å². The smallest absolute Gasteiger partial charge is 0.226 e. The Hall–Kier alpha value is -2.73. The SMILES string of the molecule is Cc1ccc(C(=O)[C@@H]2CC(=O)Nc3c2c(C)nn3-c2ccc(Br)cc2)c(C)c1. The molecule has 5 nitrogen and oxygen atoms in total. The van der Waals surface area contributed by atoms with Crippen LogP contribution in [0.1, 0.15) is 45.1 Å². The van der Waals surface area contributed by atoms with Gasteiger partial charge in [0.05, 0.1) is 17.3 Å². The lowest BCUT2D eigenvalue weighted by Gasteiger charge is -2.23. The first kappa shape index (κ1) is 18.6. The van der Waals surface area contributed by atoms with Gasteiger partial charge in [0.2, 0.25) is 5.91 Å². The topological polar surface area (TPSA) is 64.0 Å². The Morgan fingerprint density at radius 2 is 1.86 bits per heavy atom. The number of hydrogen-bond acceptors (Lipinski definition) is 3. The van der Waals surface area contributed by atoms with Gasteiger partial charge in [-0.2, -0.15) is 5.10 Å². The van der Waals surface area contributed by atoms with E-state index >= 15 is 0 Å². The predicted molar refractivity (Wildman–Crippen MR) is 112 cm³/mol. The normalized spacial score (nSPS) is 15.9. The van der Waals surface area contributed by atoms with Crippen molar-refractivity contribution < 1.29 is 9.59 Å². The van der Waals surface area contributed by atoms with Crippen LogP contribution in [0.15, 0.2) is 46.9 Å². The van der Waals surface area contributed by atoms with E-state index in [9.17, 15) is 9.59 Å². The zero-order valence-electron chi connectivity index (χ0n) is 15.9. The van der Waals surface area contributed by atoms with Crippen LogP contribution in [0, 0.1) is 20.8 Å². The maximum atomic E-state index is 13.4. The zero-order chi connectivity index (χ0) is 20.0. The van der Waals surface area contributed by atoms with E-state index in [1.165, 1.54) is 0 Å². The van der Waals surface area contributed by atoms with Gasteiger partial charge in [-0.1, -0.05) is 39.7 Å². The summed E-state index contributed by atoms with van der Waals surface area (Å²) in [6.07, 6.45) is 0.131. The molecule has 1 N–H and O–H groups in total. The van der Waals surface area contributed by atoms with Crippen molar-refractivity contribution in [1.82, 2.24) is 9.78 Å². The number of nitrogens with one attached hydrogen (secondary N) is 1. The molecule has 0 aliphatic carbocycles. The number of hydrogen-bond donors (Lipinski definition) is 1. The van der Waals surface area contributed by atoms with Crippen molar-refractivity contribution in [1.29, 1.82) is 0 Å². The molecule has 28 heavy (non-hydrogen) atoms. The van der Waals surface area contributed by atoms with E-state index in [4.69, 9.17) is 0 Å². The van der Waals surface area contributed by atoms with E-state index in [2.05, 4.69) is 26.3 Å². The maximum absolute atomic E-state index is 13.4. The third-order valence-corrected chi connectivity index (χ3v) is 5.67. The molecule has 1 amide bonds. The van der Waals surface area contributed by atoms with Crippen molar-refractivity contribution in [2.45, 2.75) is 33.1 Å². The molecule has 1 atom stereocenters. The first-order valence-electron chi connectivity index (χ1n) is 9.12. The highest BCUT2D eigenvalue weighted by Crippen LogP contribution is 2.38. The number of amides is 1. The number of aryl methyl sites for hydroxylation is 3. The summed E-state index contributed by atoms with van der Waals surface area (Å²) < 4.78 is 2.66. The molecule has 1 aliphatic rings. The lowest BCUT2D eigenvalue weighted by atomic mass is 9.84. The fourth-order valence-corrected chi connectivity index (χ4v) is 4.08. The summed E-state index contributed by atoms with van der Waals surface area (Å²) in [5.41, 5.74) is 5.07. The largest absolute Gasteiger partial charge is 0.310 e. The van der Waals surface area contributed by atoms with Crippen LogP contribution < -0.4 is 5.32 Å². The second-order valence-corrected chi connectivity index (χ2v) is 8.14. The molecule has 0 radical (unpaired) electrons. The molecule has 3 aromatic rings. The minimum atomic E-state index is -0.533. The van der Waals surface area contributed by atoms with Gasteiger partial charge in [-0.3, -0.25) is 9.59 Å². The first-order chi connectivity index (χ1) is 13.3. The average molecular weight is 438 g/mol. The number of benzene rings is 2. The van der Waals surface area contributed by atoms with Crippen LogP contribution in [0.25, 0.3) is 5.69 Å². The predicted octanol–water partition coefficient (Wildman–Crippen LogP) is 4.87. The van der Waals surface area contributed by atoms with Gasteiger partial charge in [0.1, 0.15) is 5.82 Å². The number of nitrogens with zero attached hydrogens (tertiary/aromatic N) is 2. The Bertz CT molecular complexity index is 1100. The number of anilines is 1. The van der Waals surface area contributed by atoms with Gasteiger partial charge < -0.3 is 5.32 Å². The number of aromatic nitrogens is 2. The summed E-state index contributed by atoms with van der Waals surface area (Å²) in [6, 6.07) is 13.4. The molecular weight excluding hydrogens is 418 g/mol. The fourth-order valence-electron chi connectivity index (χ4n) is 3.82. The number of carbonyl (C=O) groups is 2. The van der Waals surface area contributed by atoms with Crippen molar-refractivity contribution in [2.75, 3.05) is 5.32 Å². The highest BCUT2D eigenvalue weighted by molar-refractivity contribution is 9.10. The summed E-state index contributed by atoms with van der Waals surface area (Å²) in [6.45, 7) is 5.82. The van der Waals surface area contributed by atoms with Gasteiger partial charge in [0.25, 0.3) is 0 Å². The molecule has 0 saturated carbocycles. The van der Waals surface area contributed by atoms with Crippen LogP contribution in [0.3, 0.4) is 0 Å². The highest BCUT2D eigenvalue weighted by Gasteiger charge is 2.36. The van der Waals surface area contributed by atoms with E-state index in [1.807, 2.05) is 63.2 Å². The van der Waals surface area contributed by atoms with E-state index in [0.29, 0.717) is 11.4 Å². The Labute approximate surface area is 171 Å². The molecule has 0 fully saturated rings. The molecule has 1 aliphatic heterocycles. The molecular formula is C22H20BrN3O2. The van der Waals surface area contributed by atoms with Crippen molar-refractivity contribution in [3.05, 3.63) is 74.9 Å². The van der Waals surface area contributed by atoms with E-state index < -0.39 is 5.92 Å². The number of Topliss-reactive ketones (excluding diaryl/α,β-unsaturated/α-hetero) is 1. The van der Waals surface area contributed by atoms with Crippen LogP contribution in [0.4, 0.5) is 5.82 Å². The van der Waals surface area contributed by atoms with Crippen molar-refractivity contribution in [3.63, 3.8) is 0 Å². The van der Waals surface area contributed by atoms with Crippen molar-refractivity contribution in [2.24, 2.45) is 0 Å². The highest BCUT2D eigenvalue weighted by atomic mass is 79.9. The van der Waals surface area contributed by atoms with Gasteiger partial charge in [-0.15, -0.1) is 0 Å². The molecule has 1 aromatic heterocycles. The van der Waals surface area contributed by atoms with E-state index in [1.54, 1.807) is 4.68 Å². The second kappa shape index (κ2) is 7.02. The van der Waals surface area contributed by atoms with E-state index in [0.717, 1.165) is 32.5 Å². The minimum absolute atomic E-state index is 0.0351. The summed E-state index contributed by atoms with van der Waals surface area (Å²) in [5, 5.41) is 7.54. The molecule has 0 bridgehead atoms. The monoisotopic (exact) mass is 437 g/mol. The standard InChI is InChI=1S/C22H20BrN3O2/c1-12-4-9-17(13(2)10-12)21(28)18-11-19(27)24-22-20(18)14(3)25-26(22)16-7-5-15(23)6-8-16/h4-10,18H,11H2,1-3H3,(H,24,27)/t18-/m1/s1. The first-order valence-corrected chi connectivity index (χ1v) is 9.91. The third-order valence-electron chi connectivity index (χ3n) is 5.14. The number of halogens is 1. The molecule has 0 saturated heterocycles. The lowest BCUT2D eigenvalue weighted by Crippen LogP contribution is -2.28. The van der Waals surface area contributed by atoms with E-state index in [-0.39, 0.29) is 18.1 Å². The molecule has 4 rings (SSSR count). The zero-order valence-corrected chi connectivity index (χ0v) is 17.5. The Balaban J connectivity index is 1.82. The molecule has 2 heterocycles. The molecule has 0 spiro atoms. The molecule has 142 valence electrons. The summed E-state index contributed by atoms with van der Waals surface area (Å²) in [4.78, 5) is 25.8. The van der Waals surface area contributed by atoms with Crippen molar-refractivity contribution in [3.8, 4) is 5.69 Å². The Morgan fingerprint density at radius 3 is 2.54 bits per heavy atom. The van der Waals surface area contributed by atoms with Crippen LogP contribution in [-0.4, -0.2) is 21.5 Å².